The third-order valence-corrected chi connectivity index (χ3v) is 8.92. The maximum absolute atomic E-state index is 10.7. The van der Waals surface area contributed by atoms with Gasteiger partial charge in [0.15, 0.2) is 0 Å². The molecule has 0 bridgehead atoms. The molecule has 2 atom stereocenters. The van der Waals surface area contributed by atoms with Crippen molar-refractivity contribution in [2.24, 2.45) is 11.8 Å². The molecule has 0 fully saturated rings. The predicted molar refractivity (Wildman–Crippen MR) is 170 cm³/mol. The summed E-state index contributed by atoms with van der Waals surface area (Å²) in [6, 6.07) is 0. The number of carboxylic acids is 1. The maximum Gasteiger partial charge on any atom is 0.303 e. The van der Waals surface area contributed by atoms with E-state index in [4.69, 9.17) is 5.11 Å². The van der Waals surface area contributed by atoms with E-state index in [2.05, 4.69) is 20.8 Å². The highest BCUT2D eigenvalue weighted by Crippen LogP contribution is 2.33. The van der Waals surface area contributed by atoms with Gasteiger partial charge in [0, 0.05) is 6.42 Å². The van der Waals surface area contributed by atoms with E-state index in [0.29, 0.717) is 6.42 Å². The summed E-state index contributed by atoms with van der Waals surface area (Å²) in [5.41, 5.74) is 0. The van der Waals surface area contributed by atoms with E-state index in [1.165, 1.54) is 173 Å². The lowest BCUT2D eigenvalue weighted by molar-refractivity contribution is -0.137. The molecule has 0 radical (unpaired) electrons. The Balaban J connectivity index is 4.70. The van der Waals surface area contributed by atoms with Gasteiger partial charge in [0.05, 0.1) is 0 Å². The summed E-state index contributed by atoms with van der Waals surface area (Å²) >= 11 is 0. The molecule has 0 aromatic carbocycles. The van der Waals surface area contributed by atoms with Gasteiger partial charge in [0.25, 0.3) is 0 Å². The summed E-state index contributed by atoms with van der Waals surface area (Å²) in [4.78, 5) is 10.7. The summed E-state index contributed by atoms with van der Waals surface area (Å²) in [6.07, 6.45) is 40.5. The Hall–Kier alpha value is -0.530. The van der Waals surface area contributed by atoms with Crippen molar-refractivity contribution in [2.45, 2.75) is 213 Å². The number of hydrogen-bond acceptors (Lipinski definition) is 1. The smallest absolute Gasteiger partial charge is 0.303 e. The van der Waals surface area contributed by atoms with Crippen molar-refractivity contribution in [3.8, 4) is 0 Å². The minimum Gasteiger partial charge on any atom is -0.481 e. The molecule has 2 unspecified atom stereocenters. The Bertz CT molecular complexity index is 460. The normalized spacial score (nSPS) is 13.1. The fourth-order valence-electron chi connectivity index (χ4n) is 6.36. The van der Waals surface area contributed by atoms with Gasteiger partial charge in [-0.15, -0.1) is 0 Å². The molecular weight excluding hydrogens is 464 g/mol. The Kier molecular flexibility index (Phi) is 30.6. The van der Waals surface area contributed by atoms with E-state index in [1.807, 2.05) is 0 Å². The molecule has 0 aliphatic carbocycles. The minimum absolute atomic E-state index is 0.346. The van der Waals surface area contributed by atoms with Crippen molar-refractivity contribution in [3.63, 3.8) is 0 Å². The van der Waals surface area contributed by atoms with Gasteiger partial charge >= 0.3 is 5.97 Å². The van der Waals surface area contributed by atoms with Crippen LogP contribution in [0.1, 0.15) is 213 Å². The first-order chi connectivity index (χ1) is 18.7. The first-order valence-corrected chi connectivity index (χ1v) is 17.9. The van der Waals surface area contributed by atoms with Crippen molar-refractivity contribution >= 4 is 5.97 Å². The second-order valence-electron chi connectivity index (χ2n) is 12.6. The van der Waals surface area contributed by atoms with Gasteiger partial charge in [-0.05, 0) is 18.3 Å². The lowest BCUT2D eigenvalue weighted by Gasteiger charge is -2.28. The van der Waals surface area contributed by atoms with Crippen molar-refractivity contribution in [1.82, 2.24) is 0 Å². The average molecular weight is 537 g/mol. The fourth-order valence-corrected chi connectivity index (χ4v) is 6.36. The number of carboxylic acid groups (broad SMARTS) is 1. The lowest BCUT2D eigenvalue weighted by atomic mass is 9.78. The molecule has 0 heterocycles. The van der Waals surface area contributed by atoms with Gasteiger partial charge in [-0.3, -0.25) is 4.79 Å². The highest BCUT2D eigenvalue weighted by atomic mass is 16.4. The van der Waals surface area contributed by atoms with E-state index < -0.39 is 5.97 Å². The van der Waals surface area contributed by atoms with Crippen LogP contribution in [0, 0.1) is 11.8 Å². The van der Waals surface area contributed by atoms with Crippen LogP contribution in [0.2, 0.25) is 0 Å². The van der Waals surface area contributed by atoms with Crippen molar-refractivity contribution in [1.29, 1.82) is 0 Å². The van der Waals surface area contributed by atoms with Crippen LogP contribution in [-0.2, 0) is 4.79 Å². The molecule has 0 rings (SSSR count). The fraction of sp³-hybridized carbons (Fsp3) is 0.972. The van der Waals surface area contributed by atoms with Crippen LogP contribution in [0.25, 0.3) is 0 Å². The summed E-state index contributed by atoms with van der Waals surface area (Å²) in [7, 11) is 0. The van der Waals surface area contributed by atoms with Crippen LogP contribution in [0.5, 0.6) is 0 Å². The molecule has 0 saturated heterocycles. The minimum atomic E-state index is -0.639. The summed E-state index contributed by atoms with van der Waals surface area (Å²) < 4.78 is 0. The van der Waals surface area contributed by atoms with Crippen LogP contribution < -0.4 is 0 Å². The number of unbranched alkanes of at least 4 members (excludes halogenated alkanes) is 21. The number of hydrogen-bond donors (Lipinski definition) is 1. The van der Waals surface area contributed by atoms with Crippen molar-refractivity contribution in [2.75, 3.05) is 0 Å². The van der Waals surface area contributed by atoms with E-state index >= 15 is 0 Å². The van der Waals surface area contributed by atoms with Crippen molar-refractivity contribution < 1.29 is 9.90 Å². The first kappa shape index (κ1) is 37.5. The number of rotatable bonds is 32. The van der Waals surface area contributed by atoms with Gasteiger partial charge in [0.1, 0.15) is 0 Å². The molecule has 2 heteroatoms. The molecule has 0 aromatic rings. The molecular formula is C36H72O2. The molecule has 228 valence electrons. The van der Waals surface area contributed by atoms with Gasteiger partial charge in [0.2, 0.25) is 0 Å². The number of carbonyl (C=O) groups is 1. The van der Waals surface area contributed by atoms with Crippen LogP contribution in [0.15, 0.2) is 0 Å². The van der Waals surface area contributed by atoms with Crippen molar-refractivity contribution in [3.05, 3.63) is 0 Å². The molecule has 38 heavy (non-hydrogen) atoms. The van der Waals surface area contributed by atoms with Crippen LogP contribution in [0.4, 0.5) is 0 Å². The Labute approximate surface area is 240 Å². The lowest BCUT2D eigenvalue weighted by Crippen LogP contribution is -2.16. The van der Waals surface area contributed by atoms with E-state index in [1.54, 1.807) is 0 Å². The van der Waals surface area contributed by atoms with Gasteiger partial charge in [-0.2, -0.15) is 0 Å². The highest BCUT2D eigenvalue weighted by Gasteiger charge is 2.20. The topological polar surface area (TPSA) is 37.3 Å². The first-order valence-electron chi connectivity index (χ1n) is 17.9. The van der Waals surface area contributed by atoms with Gasteiger partial charge in [-0.25, -0.2) is 0 Å². The maximum atomic E-state index is 10.7. The average Bonchev–Trinajstić information content (AvgIpc) is 2.91. The molecule has 0 saturated carbocycles. The third-order valence-electron chi connectivity index (χ3n) is 8.92. The quantitative estimate of drug-likeness (QED) is 0.0868. The zero-order valence-electron chi connectivity index (χ0n) is 26.7. The second kappa shape index (κ2) is 31.0. The largest absolute Gasteiger partial charge is 0.481 e. The molecule has 0 spiro atoms. The van der Waals surface area contributed by atoms with Crippen LogP contribution >= 0.6 is 0 Å². The van der Waals surface area contributed by atoms with E-state index in [0.717, 1.165) is 24.7 Å². The van der Waals surface area contributed by atoms with E-state index in [9.17, 15) is 4.79 Å². The standard InChI is InChI=1S/C36H72O2/c1-4-7-10-13-16-21-26-31-34(29-24-19-14-11-8-5-2)35(30-25-20-15-12-9-6-3)32-27-22-17-18-23-28-33-36(37)38/h34-35H,4-33H2,1-3H3,(H,37,38). The van der Waals surface area contributed by atoms with E-state index in [-0.39, 0.29) is 0 Å². The van der Waals surface area contributed by atoms with Crippen LogP contribution in [-0.4, -0.2) is 11.1 Å². The molecule has 2 nitrogen and oxygen atoms in total. The van der Waals surface area contributed by atoms with Gasteiger partial charge < -0.3 is 5.11 Å². The molecule has 1 N–H and O–H groups in total. The predicted octanol–water partition coefficient (Wildman–Crippen LogP) is 13.1. The molecule has 0 aliphatic rings. The molecule has 0 aliphatic heterocycles. The monoisotopic (exact) mass is 537 g/mol. The number of aliphatic carboxylic acids is 1. The Morgan fingerprint density at radius 1 is 0.395 bits per heavy atom. The second-order valence-corrected chi connectivity index (χ2v) is 12.6. The summed E-state index contributed by atoms with van der Waals surface area (Å²) in [5.74, 6) is 1.27. The highest BCUT2D eigenvalue weighted by molar-refractivity contribution is 5.66. The Morgan fingerprint density at radius 3 is 0.895 bits per heavy atom. The zero-order chi connectivity index (χ0) is 27.9. The Morgan fingerprint density at radius 2 is 0.632 bits per heavy atom. The summed E-state index contributed by atoms with van der Waals surface area (Å²) in [6.45, 7) is 6.95. The SMILES string of the molecule is CCCCCCCCCC(CCCCCCCC)C(CCCCCCCC)CCCCCCCCC(=O)O. The third kappa shape index (κ3) is 27.1. The molecule has 0 amide bonds. The van der Waals surface area contributed by atoms with Crippen LogP contribution in [0.3, 0.4) is 0 Å². The van der Waals surface area contributed by atoms with Gasteiger partial charge in [-0.1, -0.05) is 201 Å². The summed E-state index contributed by atoms with van der Waals surface area (Å²) in [5, 5.41) is 8.84. The zero-order valence-corrected chi connectivity index (χ0v) is 26.7. The molecule has 0 aromatic heterocycles.